The Balaban J connectivity index is 2.22. The third-order valence-corrected chi connectivity index (χ3v) is 5.19. The Morgan fingerprint density at radius 1 is 1.23 bits per heavy atom. The fourth-order valence-corrected chi connectivity index (χ4v) is 4.10. The highest BCUT2D eigenvalue weighted by Crippen LogP contribution is 2.39. The lowest BCUT2D eigenvalue weighted by Gasteiger charge is -2.15. The number of allylic oxidation sites excluding steroid dienone is 2. The van der Waals surface area contributed by atoms with E-state index in [1.54, 1.807) is 11.8 Å². The topological polar surface area (TPSA) is 40.9 Å². The van der Waals surface area contributed by atoms with Crippen molar-refractivity contribution >= 4 is 33.9 Å². The van der Waals surface area contributed by atoms with Gasteiger partial charge in [-0.05, 0) is 29.9 Å². The van der Waals surface area contributed by atoms with E-state index < -0.39 is 0 Å². The van der Waals surface area contributed by atoms with E-state index >= 15 is 0 Å². The number of Topliss-reactive ketones (excluding diaryl/α,β-unsaturated/α-hetero) is 1. The smallest absolute Gasteiger partial charge is 0.140 e. The van der Waals surface area contributed by atoms with Crippen molar-refractivity contribution < 1.29 is 4.79 Å². The van der Waals surface area contributed by atoms with Gasteiger partial charge in [0.2, 0.25) is 0 Å². The minimum Gasteiger partial charge on any atom is -0.299 e. The Morgan fingerprint density at radius 3 is 2.68 bits per heavy atom. The summed E-state index contributed by atoms with van der Waals surface area (Å²) >= 11 is 1.54. The number of fused-ring (bicyclic) bond motifs is 1. The molecule has 3 rings (SSSR count). The normalized spacial score (nSPS) is 19.1. The molecule has 0 bridgehead atoms. The van der Waals surface area contributed by atoms with Crippen molar-refractivity contribution in [3.63, 3.8) is 0 Å². The van der Waals surface area contributed by atoms with Gasteiger partial charge in [0.15, 0.2) is 0 Å². The predicted octanol–water partition coefficient (Wildman–Crippen LogP) is 4.81. The highest BCUT2D eigenvalue weighted by atomic mass is 32.2. The quantitative estimate of drug-likeness (QED) is 0.764. The molecule has 0 spiro atoms. The number of nitrogens with zero attached hydrogens (tertiary/aromatic N) is 1. The first-order chi connectivity index (χ1) is 10.8. The van der Waals surface area contributed by atoms with Crippen molar-refractivity contribution in [1.29, 1.82) is 5.26 Å². The van der Waals surface area contributed by atoms with Crippen molar-refractivity contribution in [2.45, 2.75) is 19.3 Å². The van der Waals surface area contributed by atoms with Crippen LogP contribution in [0.4, 0.5) is 0 Å². The summed E-state index contributed by atoms with van der Waals surface area (Å²) in [4.78, 5) is 13.1. The van der Waals surface area contributed by atoms with Gasteiger partial charge in [0.05, 0.1) is 5.57 Å². The first-order valence-corrected chi connectivity index (χ1v) is 8.68. The molecule has 1 unspecified atom stereocenters. The SMILES string of the molecule is CS/C(=C(/C#N)c1cccc2ccccc12)C1CCCC1=O. The second-order valence-corrected chi connectivity index (χ2v) is 6.34. The molecule has 0 N–H and O–H groups in total. The molecule has 0 saturated heterocycles. The van der Waals surface area contributed by atoms with Crippen LogP contribution in [-0.4, -0.2) is 12.0 Å². The Bertz CT molecular complexity index is 795. The summed E-state index contributed by atoms with van der Waals surface area (Å²) in [5.74, 6) is 0.181. The van der Waals surface area contributed by atoms with Gasteiger partial charge in [0.25, 0.3) is 0 Å². The van der Waals surface area contributed by atoms with Crippen LogP contribution in [0.25, 0.3) is 16.3 Å². The van der Waals surface area contributed by atoms with Gasteiger partial charge in [-0.1, -0.05) is 42.5 Å². The molecule has 1 saturated carbocycles. The van der Waals surface area contributed by atoms with E-state index in [9.17, 15) is 10.1 Å². The summed E-state index contributed by atoms with van der Waals surface area (Å²) < 4.78 is 0. The Hall–Kier alpha value is -2.05. The molecule has 2 aromatic rings. The molecular formula is C19H17NOS. The number of carbonyl (C=O) groups excluding carboxylic acids is 1. The number of nitriles is 1. The molecule has 3 heteroatoms. The number of rotatable bonds is 3. The summed E-state index contributed by atoms with van der Waals surface area (Å²) in [6.07, 6.45) is 4.40. The minimum atomic E-state index is -0.0939. The number of hydrogen-bond donors (Lipinski definition) is 0. The highest BCUT2D eigenvalue weighted by Gasteiger charge is 2.30. The lowest BCUT2D eigenvalue weighted by atomic mass is 9.94. The van der Waals surface area contributed by atoms with Crippen LogP contribution in [0.1, 0.15) is 24.8 Å². The van der Waals surface area contributed by atoms with Crippen LogP contribution in [0.3, 0.4) is 0 Å². The van der Waals surface area contributed by atoms with Crippen molar-refractivity contribution in [3.05, 3.63) is 52.9 Å². The Kier molecular flexibility index (Phi) is 4.31. The second kappa shape index (κ2) is 6.37. The van der Waals surface area contributed by atoms with E-state index in [1.807, 2.05) is 48.7 Å². The largest absolute Gasteiger partial charge is 0.299 e. The van der Waals surface area contributed by atoms with Gasteiger partial charge in [-0.3, -0.25) is 4.79 Å². The summed E-state index contributed by atoms with van der Waals surface area (Å²) in [5, 5.41) is 11.9. The summed E-state index contributed by atoms with van der Waals surface area (Å²) in [7, 11) is 0. The molecule has 1 atom stereocenters. The van der Waals surface area contributed by atoms with E-state index in [-0.39, 0.29) is 11.7 Å². The van der Waals surface area contributed by atoms with Gasteiger partial charge in [-0.2, -0.15) is 5.26 Å². The molecular weight excluding hydrogens is 290 g/mol. The van der Waals surface area contributed by atoms with Gasteiger partial charge < -0.3 is 0 Å². The third-order valence-electron chi connectivity index (χ3n) is 4.26. The summed E-state index contributed by atoms with van der Waals surface area (Å²) in [5.41, 5.74) is 1.59. The molecule has 0 amide bonds. The van der Waals surface area contributed by atoms with Gasteiger partial charge in [0, 0.05) is 22.8 Å². The number of ketones is 1. The molecule has 0 heterocycles. The zero-order valence-corrected chi connectivity index (χ0v) is 13.3. The third kappa shape index (κ3) is 2.55. The number of hydrogen-bond acceptors (Lipinski definition) is 3. The monoisotopic (exact) mass is 307 g/mol. The fraction of sp³-hybridized carbons (Fsp3) is 0.263. The maximum Gasteiger partial charge on any atom is 0.140 e. The zero-order chi connectivity index (χ0) is 15.5. The average molecular weight is 307 g/mol. The molecule has 2 aromatic carbocycles. The second-order valence-electron chi connectivity index (χ2n) is 5.49. The molecule has 1 aliphatic rings. The standard InChI is InChI=1S/C19H17NOS/c1-22-19(16-10-5-11-18(16)21)17(12-20)15-9-4-7-13-6-2-3-8-14(13)15/h2-4,6-9,16H,5,10-11H2,1H3/b19-17-. The van der Waals surface area contributed by atoms with Crippen LogP contribution in [0.15, 0.2) is 47.4 Å². The highest BCUT2D eigenvalue weighted by molar-refractivity contribution is 8.02. The number of carbonyl (C=O) groups is 1. The predicted molar refractivity (Wildman–Crippen MR) is 92.3 cm³/mol. The van der Waals surface area contributed by atoms with Gasteiger partial charge in [-0.15, -0.1) is 11.8 Å². The van der Waals surface area contributed by atoms with Crippen LogP contribution >= 0.6 is 11.8 Å². The Labute approximate surface area is 134 Å². The van der Waals surface area contributed by atoms with Gasteiger partial charge in [0.1, 0.15) is 11.9 Å². The van der Waals surface area contributed by atoms with Gasteiger partial charge in [-0.25, -0.2) is 0 Å². The van der Waals surface area contributed by atoms with Crippen LogP contribution < -0.4 is 0 Å². The molecule has 2 nitrogen and oxygen atoms in total. The van der Waals surface area contributed by atoms with E-state index in [0.29, 0.717) is 12.0 Å². The minimum absolute atomic E-state index is 0.0939. The molecule has 1 fully saturated rings. The van der Waals surface area contributed by atoms with E-state index in [2.05, 4.69) is 6.07 Å². The lowest BCUT2D eigenvalue weighted by molar-refractivity contribution is -0.119. The maximum atomic E-state index is 12.1. The molecule has 0 aromatic heterocycles. The van der Waals surface area contributed by atoms with Crippen molar-refractivity contribution in [1.82, 2.24) is 0 Å². The van der Waals surface area contributed by atoms with E-state index in [1.165, 1.54) is 0 Å². The zero-order valence-electron chi connectivity index (χ0n) is 12.5. The van der Waals surface area contributed by atoms with Crippen LogP contribution in [0, 0.1) is 17.2 Å². The van der Waals surface area contributed by atoms with Crippen molar-refractivity contribution in [3.8, 4) is 6.07 Å². The number of benzene rings is 2. The molecule has 110 valence electrons. The van der Waals surface area contributed by atoms with Crippen molar-refractivity contribution in [2.24, 2.45) is 5.92 Å². The molecule has 22 heavy (non-hydrogen) atoms. The van der Waals surface area contributed by atoms with Crippen LogP contribution in [-0.2, 0) is 4.79 Å². The van der Waals surface area contributed by atoms with Gasteiger partial charge >= 0.3 is 0 Å². The first-order valence-electron chi connectivity index (χ1n) is 7.45. The van der Waals surface area contributed by atoms with Crippen LogP contribution in [0.5, 0.6) is 0 Å². The van der Waals surface area contributed by atoms with Crippen LogP contribution in [0.2, 0.25) is 0 Å². The van der Waals surface area contributed by atoms with E-state index in [4.69, 9.17) is 0 Å². The summed E-state index contributed by atoms with van der Waals surface area (Å²) in [6.45, 7) is 0. The average Bonchev–Trinajstić information content (AvgIpc) is 2.98. The molecule has 1 aliphatic carbocycles. The molecule has 0 radical (unpaired) electrons. The van der Waals surface area contributed by atoms with E-state index in [0.717, 1.165) is 34.1 Å². The number of thioether (sulfide) groups is 1. The van der Waals surface area contributed by atoms with Crippen molar-refractivity contribution in [2.75, 3.05) is 6.26 Å². The Morgan fingerprint density at radius 2 is 2.00 bits per heavy atom. The lowest BCUT2D eigenvalue weighted by Crippen LogP contribution is -2.09. The maximum absolute atomic E-state index is 12.1. The first kappa shape index (κ1) is 14.9. The summed E-state index contributed by atoms with van der Waals surface area (Å²) in [6, 6.07) is 16.4. The fourth-order valence-electron chi connectivity index (χ4n) is 3.20. The molecule has 0 aliphatic heterocycles.